The summed E-state index contributed by atoms with van der Waals surface area (Å²) in [5.74, 6) is 1.37. The van der Waals surface area contributed by atoms with Crippen LogP contribution < -0.4 is 5.32 Å². The molecule has 2 unspecified atom stereocenters. The fourth-order valence-corrected chi connectivity index (χ4v) is 5.06. The number of nitrogens with zero attached hydrogens (tertiary/aromatic N) is 5. The highest BCUT2D eigenvalue weighted by Crippen LogP contribution is 2.55. The summed E-state index contributed by atoms with van der Waals surface area (Å²) in [6.45, 7) is 5.70. The van der Waals surface area contributed by atoms with Crippen molar-refractivity contribution in [2.24, 2.45) is 5.92 Å². The fourth-order valence-electron chi connectivity index (χ4n) is 5.06. The molecule has 8 nitrogen and oxygen atoms in total. The van der Waals surface area contributed by atoms with Crippen LogP contribution in [0.2, 0.25) is 0 Å². The Bertz CT molecular complexity index is 1150. The van der Waals surface area contributed by atoms with Gasteiger partial charge in [-0.05, 0) is 56.4 Å². The van der Waals surface area contributed by atoms with Crippen LogP contribution in [0.3, 0.4) is 0 Å². The number of carbonyl (C=O) groups is 1. The SMILES string of the molecule is Cc1noc(C23CC(C[C@H](C)C2)N3C(=O)Nc2cc(-c3ncccn3)c(C)cc2F)n1. The minimum atomic E-state index is -0.639. The lowest BCUT2D eigenvalue weighted by atomic mass is 9.64. The first-order valence-electron chi connectivity index (χ1n) is 10.4. The molecule has 1 aliphatic heterocycles. The van der Waals surface area contributed by atoms with Crippen LogP contribution in [0.1, 0.15) is 43.5 Å². The Morgan fingerprint density at radius 1 is 1.26 bits per heavy atom. The number of piperidine rings is 1. The Morgan fingerprint density at radius 2 is 2.03 bits per heavy atom. The number of hydrogen-bond donors (Lipinski definition) is 1. The van der Waals surface area contributed by atoms with Gasteiger partial charge in [0.25, 0.3) is 5.89 Å². The zero-order valence-electron chi connectivity index (χ0n) is 17.6. The number of aromatic nitrogens is 4. The highest BCUT2D eigenvalue weighted by molar-refractivity contribution is 5.92. The third-order valence-corrected chi connectivity index (χ3v) is 6.27. The summed E-state index contributed by atoms with van der Waals surface area (Å²) in [4.78, 5) is 28.0. The van der Waals surface area contributed by atoms with Crippen molar-refractivity contribution in [3.63, 3.8) is 0 Å². The number of urea groups is 1. The topological polar surface area (TPSA) is 97.0 Å². The lowest BCUT2D eigenvalue weighted by Crippen LogP contribution is -2.70. The van der Waals surface area contributed by atoms with E-state index in [0.717, 1.165) is 19.3 Å². The molecule has 2 bridgehead atoms. The third kappa shape index (κ3) is 3.15. The molecule has 0 spiro atoms. The number of benzene rings is 1. The van der Waals surface area contributed by atoms with Crippen LogP contribution in [-0.2, 0) is 5.54 Å². The average molecular weight is 422 g/mol. The molecule has 3 aromatic rings. The van der Waals surface area contributed by atoms with Crippen molar-refractivity contribution in [3.8, 4) is 11.4 Å². The van der Waals surface area contributed by atoms with Crippen molar-refractivity contribution in [1.82, 2.24) is 25.0 Å². The molecule has 1 aromatic carbocycles. The minimum absolute atomic E-state index is 0.0568. The van der Waals surface area contributed by atoms with E-state index in [0.29, 0.717) is 34.6 Å². The van der Waals surface area contributed by atoms with Gasteiger partial charge < -0.3 is 14.7 Å². The zero-order chi connectivity index (χ0) is 21.8. The molecule has 2 amide bonds. The number of amides is 2. The summed E-state index contributed by atoms with van der Waals surface area (Å²) in [6.07, 6.45) is 5.65. The molecule has 1 N–H and O–H groups in total. The molecule has 2 aliphatic rings. The molecule has 9 heteroatoms. The molecule has 0 radical (unpaired) electrons. The third-order valence-electron chi connectivity index (χ3n) is 6.27. The van der Waals surface area contributed by atoms with Gasteiger partial charge in [0.1, 0.15) is 11.4 Å². The van der Waals surface area contributed by atoms with Crippen molar-refractivity contribution in [2.45, 2.75) is 51.6 Å². The van der Waals surface area contributed by atoms with Crippen LogP contribution >= 0.6 is 0 Å². The van der Waals surface area contributed by atoms with Gasteiger partial charge in [0.15, 0.2) is 11.6 Å². The van der Waals surface area contributed by atoms with Crippen molar-refractivity contribution in [3.05, 3.63) is 53.7 Å². The number of halogens is 1. The largest absolute Gasteiger partial charge is 0.337 e. The number of anilines is 1. The van der Waals surface area contributed by atoms with Crippen molar-refractivity contribution >= 4 is 11.7 Å². The summed E-state index contributed by atoms with van der Waals surface area (Å²) < 4.78 is 20.2. The van der Waals surface area contributed by atoms with Crippen LogP contribution in [0.15, 0.2) is 35.1 Å². The van der Waals surface area contributed by atoms with Gasteiger partial charge in [0.05, 0.1) is 5.69 Å². The minimum Gasteiger partial charge on any atom is -0.337 e. The molecule has 160 valence electrons. The Hall–Kier alpha value is -3.36. The van der Waals surface area contributed by atoms with E-state index >= 15 is 0 Å². The first kappa shape index (κ1) is 19.6. The number of fused-ring (bicyclic) bond motifs is 2. The molecule has 3 heterocycles. The van der Waals surface area contributed by atoms with Crippen LogP contribution in [0.5, 0.6) is 0 Å². The number of hydrogen-bond acceptors (Lipinski definition) is 6. The van der Waals surface area contributed by atoms with Crippen LogP contribution in [-0.4, -0.2) is 37.1 Å². The standard InChI is InChI=1S/C22H23FN6O2/c1-12-7-15-11-22(10-12,20-26-14(3)28-31-20)29(15)21(30)27-18-9-16(13(2)8-17(18)23)19-24-5-4-6-25-19/h4-6,8-9,12,15H,7,10-11H2,1-3H3,(H,27,30)/t12-,15?,22?/m0/s1. The Kier molecular flexibility index (Phi) is 4.49. The number of carbonyl (C=O) groups excluding carboxylic acids is 1. The van der Waals surface area contributed by atoms with Crippen LogP contribution in [0.25, 0.3) is 11.4 Å². The normalized spacial score (nSPS) is 24.6. The quantitative estimate of drug-likeness (QED) is 0.679. The molecule has 3 atom stereocenters. The van der Waals surface area contributed by atoms with E-state index in [-0.39, 0.29) is 17.8 Å². The van der Waals surface area contributed by atoms with Gasteiger partial charge in [-0.25, -0.2) is 19.2 Å². The molecule has 1 aliphatic carbocycles. The maximum Gasteiger partial charge on any atom is 0.323 e. The lowest BCUT2D eigenvalue weighted by molar-refractivity contribution is -0.112. The van der Waals surface area contributed by atoms with E-state index in [4.69, 9.17) is 4.52 Å². The second kappa shape index (κ2) is 7.11. The Balaban J connectivity index is 1.46. The second-order valence-electron chi connectivity index (χ2n) is 8.60. The molecule has 2 aromatic heterocycles. The van der Waals surface area contributed by atoms with E-state index in [1.54, 1.807) is 43.3 Å². The number of aryl methyl sites for hydroxylation is 2. The van der Waals surface area contributed by atoms with Gasteiger partial charge in [-0.2, -0.15) is 4.98 Å². The molecule has 1 saturated carbocycles. The second-order valence-corrected chi connectivity index (χ2v) is 8.60. The number of rotatable bonds is 3. The summed E-state index contributed by atoms with van der Waals surface area (Å²) in [5.41, 5.74) is 0.805. The highest BCUT2D eigenvalue weighted by atomic mass is 19.1. The molecule has 5 rings (SSSR count). The van der Waals surface area contributed by atoms with E-state index < -0.39 is 11.4 Å². The van der Waals surface area contributed by atoms with E-state index in [2.05, 4.69) is 32.3 Å². The lowest BCUT2D eigenvalue weighted by Gasteiger charge is -2.61. The monoisotopic (exact) mass is 422 g/mol. The first-order valence-corrected chi connectivity index (χ1v) is 10.4. The maximum atomic E-state index is 14.8. The van der Waals surface area contributed by atoms with E-state index in [9.17, 15) is 9.18 Å². The van der Waals surface area contributed by atoms with Gasteiger partial charge in [0, 0.05) is 30.4 Å². The first-order chi connectivity index (χ1) is 14.9. The predicted molar refractivity (Wildman–Crippen MR) is 111 cm³/mol. The molecule has 1 saturated heterocycles. The van der Waals surface area contributed by atoms with Gasteiger partial charge in [-0.15, -0.1) is 0 Å². The average Bonchev–Trinajstić information content (AvgIpc) is 3.17. The number of nitrogens with one attached hydrogen (secondary N) is 1. The maximum absolute atomic E-state index is 14.8. The molecular formula is C22H23FN6O2. The highest BCUT2D eigenvalue weighted by Gasteiger charge is 2.62. The zero-order valence-corrected chi connectivity index (χ0v) is 17.6. The van der Waals surface area contributed by atoms with Crippen molar-refractivity contribution in [2.75, 3.05) is 5.32 Å². The predicted octanol–water partition coefficient (Wildman–Crippen LogP) is 4.21. The Labute approximate surface area is 178 Å². The fraction of sp³-hybridized carbons (Fsp3) is 0.409. The summed E-state index contributed by atoms with van der Waals surface area (Å²) >= 11 is 0. The summed E-state index contributed by atoms with van der Waals surface area (Å²) in [7, 11) is 0. The van der Waals surface area contributed by atoms with Gasteiger partial charge >= 0.3 is 6.03 Å². The smallest absolute Gasteiger partial charge is 0.323 e. The molecule has 2 fully saturated rings. The van der Waals surface area contributed by atoms with Gasteiger partial charge in [-0.3, -0.25) is 0 Å². The summed E-state index contributed by atoms with van der Waals surface area (Å²) in [6, 6.07) is 4.37. The van der Waals surface area contributed by atoms with Crippen molar-refractivity contribution < 1.29 is 13.7 Å². The number of likely N-dealkylation sites (tertiary alicyclic amines) is 1. The molecule has 31 heavy (non-hydrogen) atoms. The Morgan fingerprint density at radius 3 is 2.74 bits per heavy atom. The van der Waals surface area contributed by atoms with Crippen LogP contribution in [0, 0.1) is 25.6 Å². The van der Waals surface area contributed by atoms with Crippen molar-refractivity contribution in [1.29, 1.82) is 0 Å². The summed E-state index contributed by atoms with van der Waals surface area (Å²) in [5, 5.41) is 6.68. The molecular weight excluding hydrogens is 399 g/mol. The van der Waals surface area contributed by atoms with Gasteiger partial charge in [-0.1, -0.05) is 12.1 Å². The van der Waals surface area contributed by atoms with E-state index in [1.807, 2.05) is 0 Å². The van der Waals surface area contributed by atoms with Gasteiger partial charge in [0.2, 0.25) is 0 Å². The van der Waals surface area contributed by atoms with E-state index in [1.165, 1.54) is 6.07 Å². The van der Waals surface area contributed by atoms with Crippen LogP contribution in [0.4, 0.5) is 14.9 Å².